The lowest BCUT2D eigenvalue weighted by Crippen LogP contribution is -2.27. The molecule has 0 aromatic heterocycles. The van der Waals surface area contributed by atoms with Gasteiger partial charge >= 0.3 is 0 Å². The van der Waals surface area contributed by atoms with Gasteiger partial charge in [-0.05, 0) is 48.0 Å². The minimum absolute atomic E-state index is 0.170. The molecule has 0 saturated carbocycles. The van der Waals surface area contributed by atoms with Gasteiger partial charge in [0.1, 0.15) is 12.4 Å². The van der Waals surface area contributed by atoms with Crippen LogP contribution in [0.4, 0.5) is 5.69 Å². The van der Waals surface area contributed by atoms with Crippen LogP contribution in [0.15, 0.2) is 65.6 Å². The number of hydrogen-bond acceptors (Lipinski definition) is 6. The fourth-order valence-electron chi connectivity index (χ4n) is 3.33. The molecule has 5 rings (SSSR count). The van der Waals surface area contributed by atoms with E-state index in [1.807, 2.05) is 36.4 Å². The van der Waals surface area contributed by atoms with Crippen molar-refractivity contribution >= 4 is 69.2 Å². The Kier molecular flexibility index (Phi) is 6.21. The second-order valence-corrected chi connectivity index (χ2v) is 9.67. The molecule has 1 amide bonds. The Morgan fingerprint density at radius 1 is 1.03 bits per heavy atom. The summed E-state index contributed by atoms with van der Waals surface area (Å²) in [5.74, 6) is 1.76. The highest BCUT2D eigenvalue weighted by Crippen LogP contribution is 2.40. The third kappa shape index (κ3) is 4.68. The molecule has 5 nitrogen and oxygen atoms in total. The maximum absolute atomic E-state index is 13.0. The van der Waals surface area contributed by atoms with Crippen molar-refractivity contribution in [3.05, 3.63) is 86.7 Å². The van der Waals surface area contributed by atoms with Gasteiger partial charge in [0.25, 0.3) is 5.91 Å². The average molecular weight is 516 g/mol. The third-order valence-corrected chi connectivity index (χ3v) is 6.88. The van der Waals surface area contributed by atoms with Crippen molar-refractivity contribution in [3.63, 3.8) is 0 Å². The molecule has 166 valence electrons. The number of thiocarbonyl (C=S) groups is 1. The third-order valence-electron chi connectivity index (χ3n) is 5.00. The number of thioether (sulfide) groups is 1. The number of hydrogen-bond donors (Lipinski definition) is 0. The second-order valence-electron chi connectivity index (χ2n) is 7.15. The van der Waals surface area contributed by atoms with Crippen LogP contribution in [-0.4, -0.2) is 17.0 Å². The van der Waals surface area contributed by atoms with Gasteiger partial charge < -0.3 is 14.2 Å². The van der Waals surface area contributed by atoms with Gasteiger partial charge in [0, 0.05) is 21.7 Å². The van der Waals surface area contributed by atoms with Gasteiger partial charge in [0.05, 0.1) is 10.6 Å². The fraction of sp³-hybridized carbons (Fsp3) is 0.0833. The van der Waals surface area contributed by atoms with Crippen LogP contribution < -0.4 is 19.1 Å². The summed E-state index contributed by atoms with van der Waals surface area (Å²) in [7, 11) is 0. The monoisotopic (exact) mass is 515 g/mol. The van der Waals surface area contributed by atoms with E-state index in [4.69, 9.17) is 49.6 Å². The molecule has 2 aliphatic heterocycles. The van der Waals surface area contributed by atoms with Crippen molar-refractivity contribution in [2.75, 3.05) is 11.7 Å². The molecule has 2 aliphatic rings. The molecule has 0 N–H and O–H groups in total. The number of halogens is 2. The van der Waals surface area contributed by atoms with E-state index in [1.54, 1.807) is 30.3 Å². The van der Waals surface area contributed by atoms with Gasteiger partial charge in [-0.1, -0.05) is 65.4 Å². The lowest BCUT2D eigenvalue weighted by molar-refractivity contribution is -0.113. The van der Waals surface area contributed by atoms with Crippen molar-refractivity contribution < 1.29 is 19.0 Å². The number of nitrogens with zero attached hydrogens (tertiary/aromatic N) is 1. The zero-order valence-electron chi connectivity index (χ0n) is 16.9. The summed E-state index contributed by atoms with van der Waals surface area (Å²) in [5, 5.41) is 1.14. The van der Waals surface area contributed by atoms with Crippen molar-refractivity contribution in [2.24, 2.45) is 0 Å². The highest BCUT2D eigenvalue weighted by Gasteiger charge is 2.34. The summed E-state index contributed by atoms with van der Waals surface area (Å²) in [5.41, 5.74) is 2.35. The smallest absolute Gasteiger partial charge is 0.270 e. The molecule has 1 fully saturated rings. The highest BCUT2D eigenvalue weighted by atomic mass is 35.5. The molecule has 3 aromatic carbocycles. The number of fused-ring (bicyclic) bond motifs is 1. The van der Waals surface area contributed by atoms with Gasteiger partial charge in [-0.25, -0.2) is 0 Å². The van der Waals surface area contributed by atoms with Gasteiger partial charge in [0.15, 0.2) is 15.8 Å². The molecule has 33 heavy (non-hydrogen) atoms. The number of carbonyl (C=O) groups is 1. The molecular formula is C24H15Cl2NO4S2. The van der Waals surface area contributed by atoms with Crippen molar-refractivity contribution in [1.29, 1.82) is 0 Å². The predicted octanol–water partition coefficient (Wildman–Crippen LogP) is 6.71. The summed E-state index contributed by atoms with van der Waals surface area (Å²) in [6, 6.07) is 18.1. The van der Waals surface area contributed by atoms with Crippen LogP contribution in [0, 0.1) is 0 Å². The fourth-order valence-corrected chi connectivity index (χ4v) is 5.09. The summed E-state index contributed by atoms with van der Waals surface area (Å²) in [6.07, 6.45) is 1.81. The second kappa shape index (κ2) is 9.27. The van der Waals surface area contributed by atoms with E-state index in [9.17, 15) is 4.79 Å². The van der Waals surface area contributed by atoms with Crippen LogP contribution in [0.3, 0.4) is 0 Å². The Morgan fingerprint density at radius 3 is 2.61 bits per heavy atom. The number of carbonyl (C=O) groups excluding carboxylic acids is 1. The normalized spacial score (nSPS) is 16.1. The van der Waals surface area contributed by atoms with Gasteiger partial charge in [-0.15, -0.1) is 0 Å². The molecule has 0 radical (unpaired) electrons. The highest BCUT2D eigenvalue weighted by molar-refractivity contribution is 8.27. The predicted molar refractivity (Wildman–Crippen MR) is 135 cm³/mol. The van der Waals surface area contributed by atoms with Gasteiger partial charge in [0.2, 0.25) is 6.79 Å². The van der Waals surface area contributed by atoms with Crippen molar-refractivity contribution in [2.45, 2.75) is 6.61 Å². The molecule has 0 bridgehead atoms. The molecule has 0 unspecified atom stereocenters. The van der Waals surface area contributed by atoms with E-state index in [2.05, 4.69) is 0 Å². The van der Waals surface area contributed by atoms with E-state index >= 15 is 0 Å². The van der Waals surface area contributed by atoms with Crippen LogP contribution >= 0.6 is 47.2 Å². The maximum atomic E-state index is 13.0. The number of anilines is 1. The lowest BCUT2D eigenvalue weighted by Gasteiger charge is -2.14. The Hall–Kier alpha value is -2.71. The first-order valence-corrected chi connectivity index (χ1v) is 11.8. The largest absolute Gasteiger partial charge is 0.489 e. The minimum atomic E-state index is -0.179. The van der Waals surface area contributed by atoms with Crippen LogP contribution in [0.25, 0.3) is 6.08 Å². The summed E-state index contributed by atoms with van der Waals surface area (Å²) in [6.45, 7) is 0.493. The molecular weight excluding hydrogens is 501 g/mol. The Morgan fingerprint density at radius 2 is 1.82 bits per heavy atom. The van der Waals surface area contributed by atoms with Gasteiger partial charge in [-0.2, -0.15) is 0 Å². The van der Waals surface area contributed by atoms with Crippen molar-refractivity contribution in [3.8, 4) is 17.2 Å². The van der Waals surface area contributed by atoms with E-state index in [1.165, 1.54) is 16.7 Å². The standard InChI is InChI=1S/C24H15Cl2NO4S2/c25-16-4-3-15(19(26)10-16)12-29-18-6-1-14(2-7-18)9-22-23(28)27(24(32)33-22)17-5-8-20-21(11-17)31-13-30-20/h1-11H,12-13H2/b22-9+. The molecule has 2 heterocycles. The van der Waals surface area contributed by atoms with E-state index in [0.29, 0.717) is 48.8 Å². The zero-order valence-corrected chi connectivity index (χ0v) is 20.1. The lowest BCUT2D eigenvalue weighted by atomic mass is 10.2. The van der Waals surface area contributed by atoms with Crippen LogP contribution in [0.2, 0.25) is 10.0 Å². The van der Waals surface area contributed by atoms with E-state index in [-0.39, 0.29) is 12.7 Å². The quantitative estimate of drug-likeness (QED) is 0.278. The van der Waals surface area contributed by atoms with E-state index < -0.39 is 0 Å². The molecule has 9 heteroatoms. The Labute approximate surface area is 209 Å². The first-order valence-electron chi connectivity index (χ1n) is 9.82. The van der Waals surface area contributed by atoms with E-state index in [0.717, 1.165) is 11.1 Å². The Bertz CT molecular complexity index is 1290. The average Bonchev–Trinajstić information content (AvgIpc) is 3.37. The Balaban J connectivity index is 1.28. The molecule has 0 aliphatic carbocycles. The number of amides is 1. The van der Waals surface area contributed by atoms with Crippen LogP contribution in [0.5, 0.6) is 17.2 Å². The SMILES string of the molecule is O=C1/C(=C\c2ccc(OCc3ccc(Cl)cc3Cl)cc2)SC(=S)N1c1ccc2c(c1)OCO2. The van der Waals surface area contributed by atoms with Gasteiger partial charge in [-0.3, -0.25) is 9.69 Å². The topological polar surface area (TPSA) is 48.0 Å². The van der Waals surface area contributed by atoms with Crippen LogP contribution in [-0.2, 0) is 11.4 Å². The number of rotatable bonds is 5. The summed E-state index contributed by atoms with van der Waals surface area (Å²) in [4.78, 5) is 15.1. The molecule has 0 atom stereocenters. The number of benzene rings is 3. The zero-order chi connectivity index (χ0) is 22.9. The maximum Gasteiger partial charge on any atom is 0.270 e. The first-order chi connectivity index (χ1) is 16.0. The molecule has 3 aromatic rings. The summed E-state index contributed by atoms with van der Waals surface area (Å²) >= 11 is 18.8. The summed E-state index contributed by atoms with van der Waals surface area (Å²) < 4.78 is 17.0. The van der Waals surface area contributed by atoms with Crippen LogP contribution in [0.1, 0.15) is 11.1 Å². The first kappa shape index (κ1) is 22.1. The molecule has 1 saturated heterocycles. The number of ether oxygens (including phenoxy) is 3. The molecule has 0 spiro atoms. The van der Waals surface area contributed by atoms with Crippen molar-refractivity contribution in [1.82, 2.24) is 0 Å². The minimum Gasteiger partial charge on any atom is -0.489 e.